The SMILES string of the molecule is C=C(C)C(C)=C(CCCCCCC)NC(=O)CCCCCCCCCCCCCCCCCCCC. The highest BCUT2D eigenvalue weighted by Crippen LogP contribution is 2.18. The fourth-order valence-electron chi connectivity index (χ4n) is 4.92. The molecule has 0 saturated heterocycles. The first-order chi connectivity index (χ1) is 17.5. The van der Waals surface area contributed by atoms with Crippen LogP contribution < -0.4 is 5.32 Å². The molecular formula is C34H65NO. The Bertz CT molecular complexity index is 547. The second-order valence-corrected chi connectivity index (χ2v) is 11.4. The predicted molar refractivity (Wildman–Crippen MR) is 162 cm³/mol. The van der Waals surface area contributed by atoms with Crippen LogP contribution >= 0.6 is 0 Å². The Morgan fingerprint density at radius 1 is 0.500 bits per heavy atom. The molecule has 0 aromatic rings. The minimum absolute atomic E-state index is 0.190. The zero-order valence-corrected chi connectivity index (χ0v) is 25.3. The third-order valence-corrected chi connectivity index (χ3v) is 7.67. The van der Waals surface area contributed by atoms with Gasteiger partial charge in [0.25, 0.3) is 0 Å². The molecule has 0 aliphatic rings. The number of nitrogens with one attached hydrogen (secondary N) is 1. The molecule has 0 rings (SSSR count). The number of amides is 1. The second kappa shape index (κ2) is 27.0. The van der Waals surface area contributed by atoms with Gasteiger partial charge < -0.3 is 5.32 Å². The molecule has 2 nitrogen and oxygen atoms in total. The molecule has 0 radical (unpaired) electrons. The molecule has 0 heterocycles. The molecule has 1 amide bonds. The summed E-state index contributed by atoms with van der Waals surface area (Å²) in [5.74, 6) is 0.190. The van der Waals surface area contributed by atoms with Crippen LogP contribution in [0.5, 0.6) is 0 Å². The molecule has 0 aromatic carbocycles. The number of carbonyl (C=O) groups excluding carboxylic acids is 1. The third-order valence-electron chi connectivity index (χ3n) is 7.67. The fraction of sp³-hybridized carbons (Fsp3) is 0.853. The zero-order chi connectivity index (χ0) is 26.7. The van der Waals surface area contributed by atoms with Crippen molar-refractivity contribution < 1.29 is 4.79 Å². The first-order valence-electron chi connectivity index (χ1n) is 16.2. The van der Waals surface area contributed by atoms with E-state index in [2.05, 4.69) is 32.7 Å². The van der Waals surface area contributed by atoms with E-state index in [9.17, 15) is 4.79 Å². The highest BCUT2D eigenvalue weighted by Gasteiger charge is 2.09. The van der Waals surface area contributed by atoms with Crippen molar-refractivity contribution in [2.45, 2.75) is 188 Å². The minimum Gasteiger partial charge on any atom is -0.330 e. The summed E-state index contributed by atoms with van der Waals surface area (Å²) in [5.41, 5.74) is 3.33. The molecule has 0 fully saturated rings. The lowest BCUT2D eigenvalue weighted by molar-refractivity contribution is -0.120. The van der Waals surface area contributed by atoms with Crippen molar-refractivity contribution in [3.8, 4) is 0 Å². The van der Waals surface area contributed by atoms with Crippen LogP contribution in [0.25, 0.3) is 0 Å². The number of allylic oxidation sites excluding steroid dienone is 3. The molecule has 0 aliphatic carbocycles. The van der Waals surface area contributed by atoms with Crippen molar-refractivity contribution in [1.82, 2.24) is 5.32 Å². The van der Waals surface area contributed by atoms with Gasteiger partial charge in [-0.3, -0.25) is 4.79 Å². The van der Waals surface area contributed by atoms with Crippen LogP contribution in [0.4, 0.5) is 0 Å². The van der Waals surface area contributed by atoms with Crippen molar-refractivity contribution in [3.63, 3.8) is 0 Å². The number of rotatable bonds is 27. The number of hydrogen-bond donors (Lipinski definition) is 1. The van der Waals surface area contributed by atoms with Crippen molar-refractivity contribution in [2.24, 2.45) is 0 Å². The fourth-order valence-corrected chi connectivity index (χ4v) is 4.92. The maximum Gasteiger partial charge on any atom is 0.224 e. The van der Waals surface area contributed by atoms with Crippen molar-refractivity contribution in [1.29, 1.82) is 0 Å². The quantitative estimate of drug-likeness (QED) is 0.0876. The van der Waals surface area contributed by atoms with Gasteiger partial charge in [0.1, 0.15) is 0 Å². The molecule has 1 N–H and O–H groups in total. The van der Waals surface area contributed by atoms with Crippen LogP contribution in [0.15, 0.2) is 23.4 Å². The molecule has 0 bridgehead atoms. The summed E-state index contributed by atoms with van der Waals surface area (Å²) >= 11 is 0. The molecule has 2 heteroatoms. The van der Waals surface area contributed by atoms with Gasteiger partial charge in [-0.05, 0) is 38.7 Å². The van der Waals surface area contributed by atoms with Gasteiger partial charge in [0.2, 0.25) is 5.91 Å². The van der Waals surface area contributed by atoms with E-state index >= 15 is 0 Å². The Labute approximate surface area is 227 Å². The molecule has 0 spiro atoms. The summed E-state index contributed by atoms with van der Waals surface area (Å²) in [6, 6.07) is 0. The maximum absolute atomic E-state index is 12.5. The molecule has 212 valence electrons. The van der Waals surface area contributed by atoms with Gasteiger partial charge in [0.05, 0.1) is 0 Å². The highest BCUT2D eigenvalue weighted by atomic mass is 16.1. The smallest absolute Gasteiger partial charge is 0.224 e. The minimum atomic E-state index is 0.190. The normalized spacial score (nSPS) is 12.0. The molecule has 0 atom stereocenters. The average molecular weight is 504 g/mol. The Kier molecular flexibility index (Phi) is 26.2. The Hall–Kier alpha value is -1.05. The third kappa shape index (κ3) is 23.4. The van der Waals surface area contributed by atoms with Gasteiger partial charge in [-0.15, -0.1) is 0 Å². The van der Waals surface area contributed by atoms with Gasteiger partial charge in [-0.25, -0.2) is 0 Å². The van der Waals surface area contributed by atoms with Crippen LogP contribution in [0.1, 0.15) is 188 Å². The van der Waals surface area contributed by atoms with Crippen LogP contribution in [0.2, 0.25) is 0 Å². The van der Waals surface area contributed by atoms with Gasteiger partial charge in [-0.2, -0.15) is 0 Å². The largest absolute Gasteiger partial charge is 0.330 e. The van der Waals surface area contributed by atoms with E-state index in [0.29, 0.717) is 6.42 Å². The first kappa shape index (κ1) is 35.0. The Morgan fingerprint density at radius 2 is 0.806 bits per heavy atom. The van der Waals surface area contributed by atoms with E-state index in [1.807, 2.05) is 6.92 Å². The highest BCUT2D eigenvalue weighted by molar-refractivity contribution is 5.78. The summed E-state index contributed by atoms with van der Waals surface area (Å²) in [6.45, 7) is 12.8. The van der Waals surface area contributed by atoms with E-state index in [-0.39, 0.29) is 5.91 Å². The number of hydrogen-bond acceptors (Lipinski definition) is 1. The van der Waals surface area contributed by atoms with Gasteiger partial charge in [0, 0.05) is 12.1 Å². The van der Waals surface area contributed by atoms with E-state index < -0.39 is 0 Å². The van der Waals surface area contributed by atoms with Crippen molar-refractivity contribution in [3.05, 3.63) is 23.4 Å². The molecule has 0 unspecified atom stereocenters. The predicted octanol–water partition coefficient (Wildman–Crippen LogP) is 11.7. The molecule has 36 heavy (non-hydrogen) atoms. The summed E-state index contributed by atoms with van der Waals surface area (Å²) in [5, 5.41) is 3.23. The standard InChI is InChI=1S/C34H65NO/c1-6-8-10-12-13-14-15-16-17-18-19-20-21-22-23-24-26-28-30-34(36)35-33(32(5)31(3)4)29-27-25-11-9-7-2/h3,6-30H2,1-2,4-5H3,(H,35,36). The van der Waals surface area contributed by atoms with Crippen LogP contribution in [-0.2, 0) is 4.79 Å². The zero-order valence-electron chi connectivity index (χ0n) is 25.3. The number of unbranched alkanes of at least 4 members (excludes halogenated alkanes) is 21. The summed E-state index contributed by atoms with van der Waals surface area (Å²) < 4.78 is 0. The Balaban J connectivity index is 3.65. The summed E-state index contributed by atoms with van der Waals surface area (Å²) in [7, 11) is 0. The van der Waals surface area contributed by atoms with E-state index in [1.165, 1.54) is 135 Å². The summed E-state index contributed by atoms with van der Waals surface area (Å²) in [4.78, 5) is 12.5. The summed E-state index contributed by atoms with van der Waals surface area (Å²) in [6.07, 6.45) is 32.7. The van der Waals surface area contributed by atoms with Gasteiger partial charge in [0.15, 0.2) is 0 Å². The van der Waals surface area contributed by atoms with Crippen molar-refractivity contribution in [2.75, 3.05) is 0 Å². The van der Waals surface area contributed by atoms with Crippen LogP contribution in [-0.4, -0.2) is 5.91 Å². The molecule has 0 aliphatic heterocycles. The monoisotopic (exact) mass is 504 g/mol. The molecule has 0 saturated carbocycles. The van der Waals surface area contributed by atoms with E-state index in [1.54, 1.807) is 0 Å². The van der Waals surface area contributed by atoms with Crippen molar-refractivity contribution >= 4 is 5.91 Å². The first-order valence-corrected chi connectivity index (χ1v) is 16.2. The van der Waals surface area contributed by atoms with E-state index in [4.69, 9.17) is 0 Å². The number of carbonyl (C=O) groups is 1. The van der Waals surface area contributed by atoms with Crippen LogP contribution in [0, 0.1) is 0 Å². The van der Waals surface area contributed by atoms with E-state index in [0.717, 1.165) is 36.1 Å². The molecule has 0 aromatic heterocycles. The lowest BCUT2D eigenvalue weighted by Crippen LogP contribution is -2.23. The topological polar surface area (TPSA) is 29.1 Å². The molecular weight excluding hydrogens is 438 g/mol. The maximum atomic E-state index is 12.5. The van der Waals surface area contributed by atoms with Gasteiger partial charge >= 0.3 is 0 Å². The average Bonchev–Trinajstić information content (AvgIpc) is 2.86. The lowest BCUT2D eigenvalue weighted by atomic mass is 10.0. The second-order valence-electron chi connectivity index (χ2n) is 11.4. The lowest BCUT2D eigenvalue weighted by Gasteiger charge is -2.14. The Morgan fingerprint density at radius 3 is 1.14 bits per heavy atom. The van der Waals surface area contributed by atoms with Crippen LogP contribution in [0.3, 0.4) is 0 Å². The van der Waals surface area contributed by atoms with Gasteiger partial charge in [-0.1, -0.05) is 161 Å².